The number of hydrogen-bond acceptors (Lipinski definition) is 5. The largest absolute Gasteiger partial charge is 0.369 e. The van der Waals surface area contributed by atoms with Gasteiger partial charge < -0.3 is 5.32 Å². The average Bonchev–Trinajstić information content (AvgIpc) is 2.81. The number of carbonyl (C=O) groups excluding carboxylic acids is 1. The van der Waals surface area contributed by atoms with Gasteiger partial charge in [0.25, 0.3) is 0 Å². The summed E-state index contributed by atoms with van der Waals surface area (Å²) in [7, 11) is 0. The molecule has 0 aliphatic rings. The van der Waals surface area contributed by atoms with Crippen molar-refractivity contribution in [1.29, 1.82) is 5.26 Å². The molecule has 0 saturated carbocycles. The van der Waals surface area contributed by atoms with Gasteiger partial charge in [-0.25, -0.2) is 4.79 Å². The Kier molecular flexibility index (Phi) is 4.68. The first-order valence-electron chi connectivity index (χ1n) is 6.05. The maximum Gasteiger partial charge on any atom is 0.369 e. The number of hydrogen-bond donors (Lipinski definition) is 1. The van der Waals surface area contributed by atoms with Crippen LogP contribution in [0.1, 0.15) is 6.42 Å². The normalized spacial score (nSPS) is 10.1. The zero-order chi connectivity index (χ0) is 15.2. The summed E-state index contributed by atoms with van der Waals surface area (Å²) in [5, 5.41) is 18.6. The lowest BCUT2D eigenvalue weighted by Gasteiger charge is -2.01. The Bertz CT molecular complexity index is 745. The number of para-hydroxylation sites is 1. The molecule has 0 unspecified atom stereocenters. The maximum atomic E-state index is 12.1. The number of amides is 1. The van der Waals surface area contributed by atoms with Crippen molar-refractivity contribution in [2.45, 2.75) is 13.0 Å². The molecule has 2 aromatic rings. The number of benzene rings is 1. The van der Waals surface area contributed by atoms with Gasteiger partial charge in [-0.15, -0.1) is 0 Å². The number of rotatable bonds is 5. The van der Waals surface area contributed by atoms with Crippen LogP contribution in [0.3, 0.4) is 0 Å². The highest BCUT2D eigenvalue weighted by atomic mass is 35.5. The SMILES string of the molecule is N#CCCNC(=O)Cn1nnn(-c2ccccc2Cl)c1=O. The Balaban J connectivity index is 2.15. The van der Waals surface area contributed by atoms with Crippen LogP contribution in [-0.4, -0.2) is 32.2 Å². The van der Waals surface area contributed by atoms with Crippen molar-refractivity contribution in [1.82, 2.24) is 25.1 Å². The van der Waals surface area contributed by atoms with Gasteiger partial charge in [0.1, 0.15) is 6.54 Å². The van der Waals surface area contributed by atoms with Crippen LogP contribution in [0, 0.1) is 11.3 Å². The molecule has 1 aromatic heterocycles. The number of tetrazole rings is 1. The van der Waals surface area contributed by atoms with Crippen molar-refractivity contribution in [3.8, 4) is 11.8 Å². The van der Waals surface area contributed by atoms with Crippen molar-refractivity contribution in [2.75, 3.05) is 6.54 Å². The van der Waals surface area contributed by atoms with Crippen LogP contribution in [0.4, 0.5) is 0 Å². The summed E-state index contributed by atoms with van der Waals surface area (Å²) in [6, 6.07) is 8.58. The van der Waals surface area contributed by atoms with Crippen LogP contribution in [0.25, 0.3) is 5.69 Å². The van der Waals surface area contributed by atoms with Crippen molar-refractivity contribution < 1.29 is 4.79 Å². The number of halogens is 1. The maximum absolute atomic E-state index is 12.1. The van der Waals surface area contributed by atoms with E-state index in [0.29, 0.717) is 10.7 Å². The van der Waals surface area contributed by atoms with E-state index in [2.05, 4.69) is 15.7 Å². The fraction of sp³-hybridized carbons (Fsp3) is 0.250. The highest BCUT2D eigenvalue weighted by molar-refractivity contribution is 6.32. The van der Waals surface area contributed by atoms with E-state index >= 15 is 0 Å². The minimum Gasteiger partial charge on any atom is -0.353 e. The van der Waals surface area contributed by atoms with Crippen molar-refractivity contribution in [3.63, 3.8) is 0 Å². The molecule has 1 N–H and O–H groups in total. The third-order valence-electron chi connectivity index (χ3n) is 2.57. The van der Waals surface area contributed by atoms with E-state index < -0.39 is 11.6 Å². The van der Waals surface area contributed by atoms with Gasteiger partial charge >= 0.3 is 5.69 Å². The molecule has 0 aliphatic carbocycles. The van der Waals surface area contributed by atoms with E-state index in [9.17, 15) is 9.59 Å². The predicted molar refractivity (Wildman–Crippen MR) is 73.9 cm³/mol. The second-order valence-electron chi connectivity index (χ2n) is 4.04. The number of nitrogens with one attached hydrogen (secondary N) is 1. The number of nitriles is 1. The number of aromatic nitrogens is 4. The van der Waals surface area contributed by atoms with Crippen LogP contribution in [0.15, 0.2) is 29.1 Å². The monoisotopic (exact) mass is 306 g/mol. The molecule has 108 valence electrons. The molecule has 2 rings (SSSR count). The summed E-state index contributed by atoms with van der Waals surface area (Å²) in [6.45, 7) is -0.0442. The highest BCUT2D eigenvalue weighted by Gasteiger charge is 2.13. The summed E-state index contributed by atoms with van der Waals surface area (Å²) in [5.41, 5.74) is -0.182. The number of nitrogens with zero attached hydrogens (tertiary/aromatic N) is 5. The summed E-state index contributed by atoms with van der Waals surface area (Å²) in [5.74, 6) is -0.418. The van der Waals surface area contributed by atoms with Gasteiger partial charge in [0.05, 0.1) is 23.2 Å². The van der Waals surface area contributed by atoms with Crippen LogP contribution in [0.2, 0.25) is 5.02 Å². The van der Waals surface area contributed by atoms with Crippen LogP contribution in [0.5, 0.6) is 0 Å². The second kappa shape index (κ2) is 6.67. The highest BCUT2D eigenvalue weighted by Crippen LogP contribution is 2.16. The predicted octanol–water partition coefficient (Wildman–Crippen LogP) is 0.112. The Hall–Kier alpha value is -2.66. The van der Waals surface area contributed by atoms with E-state index in [1.165, 1.54) is 0 Å². The quantitative estimate of drug-likeness (QED) is 0.789. The van der Waals surface area contributed by atoms with E-state index in [-0.39, 0.29) is 19.5 Å². The van der Waals surface area contributed by atoms with Crippen molar-refractivity contribution in [2.24, 2.45) is 0 Å². The van der Waals surface area contributed by atoms with Crippen LogP contribution >= 0.6 is 11.6 Å². The van der Waals surface area contributed by atoms with Gasteiger partial charge in [0.2, 0.25) is 5.91 Å². The molecule has 8 nitrogen and oxygen atoms in total. The van der Waals surface area contributed by atoms with E-state index in [0.717, 1.165) is 9.36 Å². The third-order valence-corrected chi connectivity index (χ3v) is 2.89. The standard InChI is InChI=1S/C12H11ClN6O2/c13-9-4-1-2-5-10(9)19-12(21)18(16-17-19)8-11(20)15-7-3-6-14/h1-2,4-5H,3,7-8H2,(H,15,20). The first-order chi connectivity index (χ1) is 10.1. The van der Waals surface area contributed by atoms with E-state index in [1.54, 1.807) is 24.3 Å². The summed E-state index contributed by atoms with van der Waals surface area (Å²) in [4.78, 5) is 23.7. The lowest BCUT2D eigenvalue weighted by Crippen LogP contribution is -2.33. The Labute approximate surface area is 124 Å². The fourth-order valence-electron chi connectivity index (χ4n) is 1.60. The molecule has 0 bridgehead atoms. The van der Waals surface area contributed by atoms with E-state index in [4.69, 9.17) is 16.9 Å². The molecule has 0 fully saturated rings. The zero-order valence-electron chi connectivity index (χ0n) is 10.9. The molecule has 0 atom stereocenters. The molecule has 0 saturated heterocycles. The van der Waals surface area contributed by atoms with E-state index in [1.807, 2.05) is 6.07 Å². The summed E-state index contributed by atoms with van der Waals surface area (Å²) < 4.78 is 1.94. The van der Waals surface area contributed by atoms with Gasteiger partial charge in [0, 0.05) is 6.54 Å². The molecule has 0 spiro atoms. The van der Waals surface area contributed by atoms with Gasteiger partial charge in [-0.3, -0.25) is 4.79 Å². The van der Waals surface area contributed by atoms with Gasteiger partial charge in [-0.1, -0.05) is 23.7 Å². The molecular weight excluding hydrogens is 296 g/mol. The fourth-order valence-corrected chi connectivity index (χ4v) is 1.81. The lowest BCUT2D eigenvalue weighted by atomic mass is 10.3. The second-order valence-corrected chi connectivity index (χ2v) is 4.45. The van der Waals surface area contributed by atoms with Crippen LogP contribution in [-0.2, 0) is 11.3 Å². The minimum atomic E-state index is -0.571. The average molecular weight is 307 g/mol. The van der Waals surface area contributed by atoms with Gasteiger partial charge in [0.15, 0.2) is 0 Å². The summed E-state index contributed by atoms with van der Waals surface area (Å²) >= 11 is 5.98. The lowest BCUT2D eigenvalue weighted by molar-refractivity contribution is -0.121. The summed E-state index contributed by atoms with van der Waals surface area (Å²) in [6.07, 6.45) is 0.201. The smallest absolute Gasteiger partial charge is 0.353 e. The molecule has 9 heteroatoms. The third kappa shape index (κ3) is 3.46. The Morgan fingerprint density at radius 2 is 2.14 bits per heavy atom. The minimum absolute atomic E-state index is 0.201. The molecule has 1 heterocycles. The first-order valence-corrected chi connectivity index (χ1v) is 6.42. The molecule has 0 aliphatic heterocycles. The number of carbonyl (C=O) groups is 1. The Morgan fingerprint density at radius 3 is 2.86 bits per heavy atom. The molecular formula is C12H11ClN6O2. The molecule has 1 aromatic carbocycles. The molecule has 0 radical (unpaired) electrons. The molecule has 21 heavy (non-hydrogen) atoms. The molecule has 1 amide bonds. The van der Waals surface area contributed by atoms with Crippen molar-refractivity contribution >= 4 is 17.5 Å². The Morgan fingerprint density at radius 1 is 1.38 bits per heavy atom. The topological polar surface area (TPSA) is 106 Å². The first kappa shape index (κ1) is 14.7. The van der Waals surface area contributed by atoms with Gasteiger partial charge in [-0.05, 0) is 22.6 Å². The van der Waals surface area contributed by atoms with Crippen molar-refractivity contribution in [3.05, 3.63) is 39.8 Å². The van der Waals surface area contributed by atoms with Crippen LogP contribution < -0.4 is 11.0 Å². The zero-order valence-corrected chi connectivity index (χ0v) is 11.6. The van der Waals surface area contributed by atoms with Gasteiger partial charge in [-0.2, -0.15) is 14.6 Å².